The van der Waals surface area contributed by atoms with E-state index in [0.717, 1.165) is 11.3 Å². The molecule has 0 aliphatic heterocycles. The predicted molar refractivity (Wildman–Crippen MR) is 123 cm³/mol. The molecule has 0 heterocycles. The Hall–Kier alpha value is -2.35. The molecule has 1 nitrogen and oxygen atoms in total. The second-order valence-corrected chi connectivity index (χ2v) is 9.91. The second kappa shape index (κ2) is 8.42. The number of allylic oxidation sites excluding steroid dienone is 4. The summed E-state index contributed by atoms with van der Waals surface area (Å²) < 4.78 is 8.11. The van der Waals surface area contributed by atoms with E-state index >= 15 is 0 Å². The van der Waals surface area contributed by atoms with Crippen molar-refractivity contribution in [1.29, 1.82) is 0 Å². The van der Waals surface area contributed by atoms with Gasteiger partial charge in [-0.05, 0) is 0 Å². The van der Waals surface area contributed by atoms with E-state index in [9.17, 15) is 0 Å². The molecule has 150 valence electrons. The molecular weight excluding hydrogens is 400 g/mol. The average molecular weight is 428 g/mol. The molecule has 0 bridgehead atoms. The van der Waals surface area contributed by atoms with Crippen molar-refractivity contribution in [2.75, 3.05) is 0 Å². The number of benzene rings is 3. The van der Waals surface area contributed by atoms with Crippen molar-refractivity contribution in [3.05, 3.63) is 99.5 Å². The Morgan fingerprint density at radius 1 is 0.633 bits per heavy atom. The molecule has 1 aliphatic rings. The van der Waals surface area contributed by atoms with E-state index < -0.39 is 19.5 Å². The van der Waals surface area contributed by atoms with Gasteiger partial charge in [-0.3, -0.25) is 0 Å². The Balaban J connectivity index is 1.70. The van der Waals surface area contributed by atoms with E-state index in [4.69, 9.17) is 3.32 Å². The quantitative estimate of drug-likeness (QED) is 0.374. The minimum absolute atomic E-state index is 0.102. The molecular formula is C28H28OTi. The van der Waals surface area contributed by atoms with Crippen LogP contribution in [0.2, 0.25) is 0 Å². The molecule has 0 saturated carbocycles. The zero-order valence-corrected chi connectivity index (χ0v) is 20.0. The fourth-order valence-electron chi connectivity index (χ4n) is 4.27. The monoisotopic (exact) mass is 428 g/mol. The van der Waals surface area contributed by atoms with Crippen molar-refractivity contribution in [3.8, 4) is 28.0 Å². The molecule has 0 amide bonds. The Bertz CT molecular complexity index is 1140. The Morgan fingerprint density at radius 2 is 1.20 bits per heavy atom. The molecule has 0 unspecified atom stereocenters. The Kier molecular flexibility index (Phi) is 5.87. The van der Waals surface area contributed by atoms with Gasteiger partial charge in [0, 0.05) is 0 Å². The van der Waals surface area contributed by atoms with Gasteiger partial charge in [0.15, 0.2) is 0 Å². The number of hydrogen-bond acceptors (Lipinski definition) is 1. The van der Waals surface area contributed by atoms with Gasteiger partial charge in [-0.1, -0.05) is 0 Å². The van der Waals surface area contributed by atoms with Crippen molar-refractivity contribution in [3.63, 3.8) is 0 Å². The molecule has 1 aliphatic carbocycles. The number of para-hydroxylation sites is 1. The molecule has 0 spiro atoms. The molecule has 0 radical (unpaired) electrons. The van der Waals surface area contributed by atoms with E-state index in [1.807, 2.05) is 0 Å². The molecule has 4 rings (SSSR count). The van der Waals surface area contributed by atoms with Crippen molar-refractivity contribution >= 4 is 0 Å². The van der Waals surface area contributed by atoms with Crippen molar-refractivity contribution in [2.45, 2.75) is 34.6 Å². The summed E-state index contributed by atoms with van der Waals surface area (Å²) in [6.07, 6.45) is 0. The third-order valence-corrected chi connectivity index (χ3v) is 8.90. The van der Waals surface area contributed by atoms with Crippen molar-refractivity contribution < 1.29 is 22.9 Å². The van der Waals surface area contributed by atoms with Gasteiger partial charge in [-0.15, -0.1) is 0 Å². The summed E-state index contributed by atoms with van der Waals surface area (Å²) in [6, 6.07) is 27.7. The van der Waals surface area contributed by atoms with Gasteiger partial charge in [0.05, 0.1) is 0 Å². The van der Waals surface area contributed by atoms with Gasteiger partial charge in [-0.2, -0.15) is 0 Å². The Morgan fingerprint density at radius 3 is 1.83 bits per heavy atom. The first-order chi connectivity index (χ1) is 14.4. The first kappa shape index (κ1) is 20.9. The van der Waals surface area contributed by atoms with Crippen LogP contribution in [0.4, 0.5) is 0 Å². The van der Waals surface area contributed by atoms with Crippen LogP contribution in [0.15, 0.2) is 99.5 Å². The van der Waals surface area contributed by atoms with E-state index in [2.05, 4.69) is 113 Å². The van der Waals surface area contributed by atoms with Gasteiger partial charge >= 0.3 is 190 Å². The summed E-state index contributed by atoms with van der Waals surface area (Å²) in [5.41, 5.74) is 9.29. The van der Waals surface area contributed by atoms with E-state index in [0.29, 0.717) is 0 Å². The van der Waals surface area contributed by atoms with Crippen LogP contribution in [0.3, 0.4) is 0 Å². The van der Waals surface area contributed by atoms with Crippen LogP contribution in [0.1, 0.15) is 34.6 Å². The predicted octanol–water partition coefficient (Wildman–Crippen LogP) is 8.05. The molecule has 0 atom stereocenters. The van der Waals surface area contributed by atoms with Crippen molar-refractivity contribution in [2.24, 2.45) is 5.41 Å². The second-order valence-electron chi connectivity index (χ2n) is 8.49. The van der Waals surface area contributed by atoms with Gasteiger partial charge in [-0.25, -0.2) is 0 Å². The fourth-order valence-corrected chi connectivity index (χ4v) is 6.10. The van der Waals surface area contributed by atoms with Crippen molar-refractivity contribution in [1.82, 2.24) is 0 Å². The standard InChI is InChI=1S/C18H14O.C10H15.Ti/c19-18-13-7-6-12-17(18)16-11-5-4-10-15(16)14-8-2-1-3-9-14;1-7-6-10(4,5)9(3)8(7)2;/h1-13,19H;1-5H3;/q;;+1/p-1. The van der Waals surface area contributed by atoms with E-state index in [1.54, 1.807) is 0 Å². The summed E-state index contributed by atoms with van der Waals surface area (Å²) in [4.78, 5) is 0. The average Bonchev–Trinajstić information content (AvgIpc) is 2.92. The summed E-state index contributed by atoms with van der Waals surface area (Å²) in [5, 5.41) is 0. The molecule has 0 aromatic heterocycles. The number of rotatable bonds is 5. The third-order valence-electron chi connectivity index (χ3n) is 6.51. The normalized spacial score (nSPS) is 15.5. The number of hydrogen-bond donors (Lipinski definition) is 0. The summed E-state index contributed by atoms with van der Waals surface area (Å²) in [6.45, 7) is 11.4. The molecule has 30 heavy (non-hydrogen) atoms. The maximum atomic E-state index is 6.61. The van der Waals surface area contributed by atoms with Crippen LogP contribution in [0, 0.1) is 5.41 Å². The zero-order chi connectivity index (χ0) is 21.3. The first-order valence-corrected chi connectivity index (χ1v) is 11.9. The SMILES string of the molecule is CC1=C(C)C(C)(C)[C]([Ti][O]c2ccccc2-c2ccccc2-c2ccccc2)=C1C. The van der Waals surface area contributed by atoms with E-state index in [1.165, 1.54) is 37.3 Å². The molecule has 0 fully saturated rings. The van der Waals surface area contributed by atoms with Crippen LogP contribution in [-0.4, -0.2) is 0 Å². The molecule has 3 aromatic carbocycles. The van der Waals surface area contributed by atoms with Crippen LogP contribution in [0.25, 0.3) is 22.3 Å². The van der Waals surface area contributed by atoms with Gasteiger partial charge in [0.25, 0.3) is 0 Å². The molecule has 0 N–H and O–H groups in total. The minimum atomic E-state index is -0.739. The fraction of sp³-hybridized carbons (Fsp3) is 0.214. The molecule has 0 saturated heterocycles. The van der Waals surface area contributed by atoms with Crippen LogP contribution in [0.5, 0.6) is 5.75 Å². The summed E-state index contributed by atoms with van der Waals surface area (Å²) in [5.74, 6) is 0.985. The molecule has 3 aromatic rings. The summed E-state index contributed by atoms with van der Waals surface area (Å²) >= 11 is -0.739. The first-order valence-electron chi connectivity index (χ1n) is 10.5. The maximum absolute atomic E-state index is 6.61. The van der Waals surface area contributed by atoms with Gasteiger partial charge in [0.1, 0.15) is 0 Å². The Labute approximate surface area is 189 Å². The summed E-state index contributed by atoms with van der Waals surface area (Å²) in [7, 11) is 0. The van der Waals surface area contributed by atoms with Crippen LogP contribution >= 0.6 is 0 Å². The van der Waals surface area contributed by atoms with Gasteiger partial charge < -0.3 is 0 Å². The topological polar surface area (TPSA) is 9.23 Å². The molecule has 2 heteroatoms. The van der Waals surface area contributed by atoms with E-state index in [-0.39, 0.29) is 5.41 Å². The van der Waals surface area contributed by atoms with Crippen LogP contribution in [-0.2, 0) is 19.5 Å². The zero-order valence-electron chi connectivity index (χ0n) is 18.4. The van der Waals surface area contributed by atoms with Crippen LogP contribution < -0.4 is 3.32 Å². The third kappa shape index (κ3) is 3.73. The van der Waals surface area contributed by atoms with Gasteiger partial charge in [0.2, 0.25) is 0 Å².